The van der Waals surface area contributed by atoms with Gasteiger partial charge in [-0.05, 0) is 12.8 Å². The van der Waals surface area contributed by atoms with E-state index < -0.39 is 0 Å². The molecule has 6 heteroatoms. The molecule has 0 fully saturated rings. The van der Waals surface area contributed by atoms with E-state index in [2.05, 4.69) is 20.5 Å². The first-order valence-electron chi connectivity index (χ1n) is 5.27. The van der Waals surface area contributed by atoms with Crippen LogP contribution in [0.2, 0.25) is 0 Å². The van der Waals surface area contributed by atoms with Crippen LogP contribution in [0, 0.1) is 5.92 Å². The minimum atomic E-state index is -0.148. The Morgan fingerprint density at radius 3 is 2.94 bits per heavy atom. The lowest BCUT2D eigenvalue weighted by Crippen LogP contribution is -2.29. The van der Waals surface area contributed by atoms with Gasteiger partial charge >= 0.3 is 0 Å². The Kier molecular flexibility index (Phi) is 4.91. The molecule has 2 N–H and O–H groups in total. The predicted octanol–water partition coefficient (Wildman–Crippen LogP) is 0.654. The van der Waals surface area contributed by atoms with Gasteiger partial charge in [-0.2, -0.15) is 5.10 Å². The lowest BCUT2D eigenvalue weighted by atomic mass is 10.1. The molecule has 2 unspecified atom stereocenters. The maximum atomic E-state index is 11.6. The zero-order valence-corrected chi connectivity index (χ0v) is 9.86. The van der Waals surface area contributed by atoms with Gasteiger partial charge in [0, 0.05) is 20.1 Å². The molecule has 0 aliphatic heterocycles. The summed E-state index contributed by atoms with van der Waals surface area (Å²) < 4.78 is 4.97. The highest BCUT2D eigenvalue weighted by atomic mass is 16.5. The van der Waals surface area contributed by atoms with E-state index in [9.17, 15) is 4.79 Å². The number of amides is 1. The Morgan fingerprint density at radius 1 is 1.62 bits per heavy atom. The molecule has 1 heterocycles. The SMILES string of the molecule is COCC(C)CC(=O)NC(C)c1ncn[nH]1. The normalized spacial score (nSPS) is 14.4. The molecule has 90 valence electrons. The van der Waals surface area contributed by atoms with Crippen LogP contribution in [-0.4, -0.2) is 34.8 Å². The van der Waals surface area contributed by atoms with Crippen LogP contribution in [0.3, 0.4) is 0 Å². The quantitative estimate of drug-likeness (QED) is 0.746. The number of hydrogen-bond acceptors (Lipinski definition) is 4. The second-order valence-electron chi connectivity index (χ2n) is 3.92. The molecule has 16 heavy (non-hydrogen) atoms. The highest BCUT2D eigenvalue weighted by Gasteiger charge is 2.14. The molecule has 1 amide bonds. The summed E-state index contributed by atoms with van der Waals surface area (Å²) in [6.45, 7) is 4.42. The van der Waals surface area contributed by atoms with Crippen molar-refractivity contribution in [3.63, 3.8) is 0 Å². The van der Waals surface area contributed by atoms with E-state index in [4.69, 9.17) is 4.74 Å². The monoisotopic (exact) mass is 226 g/mol. The Labute approximate surface area is 94.8 Å². The molecule has 1 aromatic heterocycles. The van der Waals surface area contributed by atoms with Crippen LogP contribution in [-0.2, 0) is 9.53 Å². The fourth-order valence-corrected chi connectivity index (χ4v) is 1.45. The van der Waals surface area contributed by atoms with E-state index in [0.29, 0.717) is 18.9 Å². The molecule has 0 spiro atoms. The molecule has 2 atom stereocenters. The molecule has 0 aliphatic carbocycles. The molecule has 6 nitrogen and oxygen atoms in total. The topological polar surface area (TPSA) is 79.9 Å². The molecule has 0 radical (unpaired) electrons. The molecule has 1 aromatic rings. The number of aromatic amines is 1. The van der Waals surface area contributed by atoms with Gasteiger partial charge in [-0.3, -0.25) is 9.89 Å². The standard InChI is InChI=1S/C10H18N4O2/c1-7(5-16-3)4-9(15)13-8(2)10-11-6-12-14-10/h6-8H,4-5H2,1-3H3,(H,13,15)(H,11,12,14). The van der Waals surface area contributed by atoms with Gasteiger partial charge < -0.3 is 10.1 Å². The van der Waals surface area contributed by atoms with Crippen LogP contribution in [0.1, 0.15) is 32.1 Å². The zero-order chi connectivity index (χ0) is 12.0. The number of hydrogen-bond donors (Lipinski definition) is 2. The van der Waals surface area contributed by atoms with Crippen molar-refractivity contribution >= 4 is 5.91 Å². The summed E-state index contributed by atoms with van der Waals surface area (Å²) in [4.78, 5) is 15.6. The number of methoxy groups -OCH3 is 1. The number of rotatable bonds is 6. The van der Waals surface area contributed by atoms with Gasteiger partial charge in [-0.15, -0.1) is 0 Å². The summed E-state index contributed by atoms with van der Waals surface area (Å²) >= 11 is 0. The van der Waals surface area contributed by atoms with Crippen LogP contribution < -0.4 is 5.32 Å². The van der Waals surface area contributed by atoms with Crippen LogP contribution in [0.5, 0.6) is 0 Å². The van der Waals surface area contributed by atoms with Crippen molar-refractivity contribution in [2.75, 3.05) is 13.7 Å². The van der Waals surface area contributed by atoms with E-state index in [1.807, 2.05) is 13.8 Å². The van der Waals surface area contributed by atoms with Gasteiger partial charge in [0.15, 0.2) is 0 Å². The lowest BCUT2D eigenvalue weighted by Gasteiger charge is -2.13. The smallest absolute Gasteiger partial charge is 0.220 e. The summed E-state index contributed by atoms with van der Waals surface area (Å²) in [5.41, 5.74) is 0. The first-order chi connectivity index (χ1) is 7.63. The maximum Gasteiger partial charge on any atom is 0.220 e. The maximum absolute atomic E-state index is 11.6. The van der Waals surface area contributed by atoms with Gasteiger partial charge in [0.1, 0.15) is 12.2 Å². The Hall–Kier alpha value is -1.43. The molecular formula is C10H18N4O2. The van der Waals surface area contributed by atoms with Crippen molar-refractivity contribution < 1.29 is 9.53 Å². The summed E-state index contributed by atoms with van der Waals surface area (Å²) in [7, 11) is 1.63. The van der Waals surface area contributed by atoms with Crippen molar-refractivity contribution in [2.24, 2.45) is 5.92 Å². The van der Waals surface area contributed by atoms with E-state index in [1.54, 1.807) is 7.11 Å². The summed E-state index contributed by atoms with van der Waals surface area (Å²) in [5.74, 6) is 0.869. The lowest BCUT2D eigenvalue weighted by molar-refractivity contribution is -0.123. The number of H-pyrrole nitrogens is 1. The number of carbonyl (C=O) groups is 1. The number of ether oxygens (including phenoxy) is 1. The van der Waals surface area contributed by atoms with Gasteiger partial charge in [-0.25, -0.2) is 4.98 Å². The van der Waals surface area contributed by atoms with Gasteiger partial charge in [-0.1, -0.05) is 6.92 Å². The molecule has 0 saturated carbocycles. The molecular weight excluding hydrogens is 208 g/mol. The fourth-order valence-electron chi connectivity index (χ4n) is 1.45. The second kappa shape index (κ2) is 6.22. The highest BCUT2D eigenvalue weighted by molar-refractivity contribution is 5.76. The average Bonchev–Trinajstić information content (AvgIpc) is 2.69. The molecule has 0 aromatic carbocycles. The molecule has 0 bridgehead atoms. The third kappa shape index (κ3) is 3.98. The summed E-state index contributed by atoms with van der Waals surface area (Å²) in [6, 6.07) is -0.148. The van der Waals surface area contributed by atoms with Crippen LogP contribution in [0.25, 0.3) is 0 Å². The highest BCUT2D eigenvalue weighted by Crippen LogP contribution is 2.07. The number of carbonyl (C=O) groups excluding carboxylic acids is 1. The van der Waals surface area contributed by atoms with Gasteiger partial charge in [0.25, 0.3) is 0 Å². The second-order valence-corrected chi connectivity index (χ2v) is 3.92. The van der Waals surface area contributed by atoms with Crippen molar-refractivity contribution in [2.45, 2.75) is 26.3 Å². The Balaban J connectivity index is 2.34. The van der Waals surface area contributed by atoms with Gasteiger partial charge in [0.05, 0.1) is 6.04 Å². The number of nitrogens with one attached hydrogen (secondary N) is 2. The molecule has 1 rings (SSSR count). The van der Waals surface area contributed by atoms with E-state index in [0.717, 1.165) is 0 Å². The summed E-state index contributed by atoms with van der Waals surface area (Å²) in [6.07, 6.45) is 1.87. The third-order valence-corrected chi connectivity index (χ3v) is 2.21. The minimum absolute atomic E-state index is 0.00606. The van der Waals surface area contributed by atoms with E-state index in [-0.39, 0.29) is 17.9 Å². The first kappa shape index (κ1) is 12.6. The van der Waals surface area contributed by atoms with E-state index in [1.165, 1.54) is 6.33 Å². The zero-order valence-electron chi connectivity index (χ0n) is 9.86. The molecule has 0 saturated heterocycles. The number of nitrogens with zero attached hydrogens (tertiary/aromatic N) is 2. The van der Waals surface area contributed by atoms with Crippen molar-refractivity contribution in [1.82, 2.24) is 20.5 Å². The van der Waals surface area contributed by atoms with Crippen molar-refractivity contribution in [1.29, 1.82) is 0 Å². The van der Waals surface area contributed by atoms with Crippen LogP contribution >= 0.6 is 0 Å². The first-order valence-corrected chi connectivity index (χ1v) is 5.27. The molecule has 0 aliphatic rings. The summed E-state index contributed by atoms with van der Waals surface area (Å²) in [5, 5.41) is 9.30. The number of aromatic nitrogens is 3. The van der Waals surface area contributed by atoms with Crippen molar-refractivity contribution in [3.8, 4) is 0 Å². The van der Waals surface area contributed by atoms with Crippen LogP contribution in [0.4, 0.5) is 0 Å². The average molecular weight is 226 g/mol. The Bertz CT molecular complexity index is 313. The largest absolute Gasteiger partial charge is 0.384 e. The van der Waals surface area contributed by atoms with Crippen molar-refractivity contribution in [3.05, 3.63) is 12.2 Å². The fraction of sp³-hybridized carbons (Fsp3) is 0.700. The predicted molar refractivity (Wildman–Crippen MR) is 58.6 cm³/mol. The minimum Gasteiger partial charge on any atom is -0.384 e. The van der Waals surface area contributed by atoms with Crippen LogP contribution in [0.15, 0.2) is 6.33 Å². The third-order valence-electron chi connectivity index (χ3n) is 2.21. The van der Waals surface area contributed by atoms with E-state index >= 15 is 0 Å². The Morgan fingerprint density at radius 2 is 2.38 bits per heavy atom. The van der Waals surface area contributed by atoms with Gasteiger partial charge in [0.2, 0.25) is 5.91 Å².